The van der Waals surface area contributed by atoms with Gasteiger partial charge >= 0.3 is 5.97 Å². The van der Waals surface area contributed by atoms with Crippen molar-refractivity contribution in [1.82, 2.24) is 9.88 Å². The lowest BCUT2D eigenvalue weighted by molar-refractivity contribution is 0.0675. The van der Waals surface area contributed by atoms with Crippen LogP contribution in [0.1, 0.15) is 53.6 Å². The van der Waals surface area contributed by atoms with Crippen molar-refractivity contribution >= 4 is 28.2 Å². The van der Waals surface area contributed by atoms with Crippen molar-refractivity contribution in [3.05, 3.63) is 95.3 Å². The highest BCUT2D eigenvalue weighted by molar-refractivity contribution is 6.05. The van der Waals surface area contributed by atoms with Gasteiger partial charge in [0, 0.05) is 35.5 Å². The fourth-order valence-electron chi connectivity index (χ4n) is 5.80. The lowest BCUT2D eigenvalue weighted by Crippen LogP contribution is -2.48. The Morgan fingerprint density at radius 3 is 2.44 bits per heavy atom. The number of carboxylic acid groups (broad SMARTS) is 1. The lowest BCUT2D eigenvalue weighted by Gasteiger charge is -2.50. The molecule has 0 fully saturated rings. The molecule has 5 rings (SSSR count). The van der Waals surface area contributed by atoms with E-state index in [-0.39, 0.29) is 22.3 Å². The highest BCUT2D eigenvalue weighted by Gasteiger charge is 2.46. The number of carbonyl (C=O) groups is 2. The average Bonchev–Trinajstić information content (AvgIpc) is 2.82. The van der Waals surface area contributed by atoms with E-state index in [1.54, 1.807) is 18.3 Å². The Morgan fingerprint density at radius 1 is 0.971 bits per heavy atom. The van der Waals surface area contributed by atoms with Gasteiger partial charge in [-0.3, -0.25) is 9.78 Å². The molecule has 3 aromatic rings. The summed E-state index contributed by atoms with van der Waals surface area (Å²) in [5.41, 5.74) is 3.95. The van der Waals surface area contributed by atoms with Crippen LogP contribution in [0.5, 0.6) is 0 Å². The smallest absolute Gasteiger partial charge is 0.335 e. The van der Waals surface area contributed by atoms with Crippen molar-refractivity contribution in [2.45, 2.75) is 27.2 Å². The first-order valence-electron chi connectivity index (χ1n) is 11.6. The van der Waals surface area contributed by atoms with E-state index in [2.05, 4.69) is 37.9 Å². The third kappa shape index (κ3) is 3.52. The summed E-state index contributed by atoms with van der Waals surface area (Å²) in [4.78, 5) is 31.1. The van der Waals surface area contributed by atoms with Gasteiger partial charge in [0.2, 0.25) is 0 Å². The van der Waals surface area contributed by atoms with Crippen LogP contribution < -0.4 is 0 Å². The summed E-state index contributed by atoms with van der Waals surface area (Å²) in [6.07, 6.45) is 6.99. The standard InChI is InChI=1S/C29H28N2O3/c1-28(2)23(20-8-10-21(11-9-20)27(33)34)12-15-29(3)18-31(17-14-24(28)29)26(32)25-22-7-5-4-6-19(22)13-16-30-25/h4-14,16H,15,17-18H2,1-3H3,(H,33,34)/t29-/m1/s1. The summed E-state index contributed by atoms with van der Waals surface area (Å²) >= 11 is 0. The quantitative estimate of drug-likeness (QED) is 0.507. The monoisotopic (exact) mass is 452 g/mol. The average molecular weight is 453 g/mol. The third-order valence-electron chi connectivity index (χ3n) is 7.42. The van der Waals surface area contributed by atoms with Gasteiger partial charge in [0.05, 0.1) is 5.56 Å². The molecule has 1 aliphatic carbocycles. The molecule has 1 atom stereocenters. The molecule has 1 aromatic heterocycles. The first-order valence-corrected chi connectivity index (χ1v) is 11.6. The first-order chi connectivity index (χ1) is 16.2. The zero-order valence-corrected chi connectivity index (χ0v) is 19.7. The molecule has 1 amide bonds. The summed E-state index contributed by atoms with van der Waals surface area (Å²) in [7, 11) is 0. The van der Waals surface area contributed by atoms with Gasteiger partial charge in [-0.2, -0.15) is 0 Å². The number of hydrogen-bond donors (Lipinski definition) is 1. The number of benzene rings is 2. The largest absolute Gasteiger partial charge is 0.478 e. The molecule has 2 heterocycles. The molecule has 0 saturated heterocycles. The minimum atomic E-state index is -0.920. The first kappa shape index (κ1) is 22.1. The molecule has 1 N–H and O–H groups in total. The Bertz CT molecular complexity index is 1360. The number of carboxylic acids is 1. The van der Waals surface area contributed by atoms with Crippen molar-refractivity contribution in [1.29, 1.82) is 0 Å². The van der Waals surface area contributed by atoms with E-state index >= 15 is 0 Å². The number of allylic oxidation sites excluding steroid dienone is 2. The van der Waals surface area contributed by atoms with E-state index in [1.807, 2.05) is 47.4 Å². The van der Waals surface area contributed by atoms with Gasteiger partial charge in [-0.15, -0.1) is 0 Å². The van der Waals surface area contributed by atoms with Crippen LogP contribution in [0.15, 0.2) is 78.5 Å². The molecule has 0 bridgehead atoms. The van der Waals surface area contributed by atoms with E-state index in [4.69, 9.17) is 0 Å². The van der Waals surface area contributed by atoms with E-state index in [1.165, 1.54) is 11.1 Å². The lowest BCUT2D eigenvalue weighted by atomic mass is 9.58. The number of amides is 1. The maximum atomic E-state index is 13.5. The third-order valence-corrected chi connectivity index (χ3v) is 7.42. The van der Waals surface area contributed by atoms with Crippen molar-refractivity contribution in [2.24, 2.45) is 10.8 Å². The Kier molecular flexibility index (Phi) is 5.16. The van der Waals surface area contributed by atoms with Crippen molar-refractivity contribution in [3.63, 3.8) is 0 Å². The second-order valence-corrected chi connectivity index (χ2v) is 10.1. The maximum absolute atomic E-state index is 13.5. The molecule has 0 unspecified atom stereocenters. The normalized spacial score (nSPS) is 21.4. The molecule has 0 spiro atoms. The number of aromatic nitrogens is 1. The highest BCUT2D eigenvalue weighted by atomic mass is 16.4. The van der Waals surface area contributed by atoms with Crippen molar-refractivity contribution < 1.29 is 14.7 Å². The van der Waals surface area contributed by atoms with Gasteiger partial charge in [0.25, 0.3) is 5.91 Å². The van der Waals surface area contributed by atoms with Gasteiger partial charge in [-0.05, 0) is 41.1 Å². The fraction of sp³-hybridized carbons (Fsp3) is 0.276. The summed E-state index contributed by atoms with van der Waals surface area (Å²) in [5, 5.41) is 11.1. The molecule has 0 saturated carbocycles. The number of hydrogen-bond acceptors (Lipinski definition) is 3. The predicted octanol–water partition coefficient (Wildman–Crippen LogP) is 5.84. The molecular weight excluding hydrogens is 424 g/mol. The maximum Gasteiger partial charge on any atom is 0.335 e. The van der Waals surface area contributed by atoms with Gasteiger partial charge in [0.1, 0.15) is 5.69 Å². The molecule has 0 radical (unpaired) electrons. The molecule has 34 heavy (non-hydrogen) atoms. The number of rotatable bonds is 3. The molecule has 172 valence electrons. The number of carbonyl (C=O) groups excluding carboxylic acids is 1. The summed E-state index contributed by atoms with van der Waals surface area (Å²) < 4.78 is 0. The molecule has 5 nitrogen and oxygen atoms in total. The van der Waals surface area contributed by atoms with Crippen LogP contribution in [-0.2, 0) is 0 Å². The number of pyridine rings is 1. The van der Waals surface area contributed by atoms with Crippen LogP contribution in [0, 0.1) is 10.8 Å². The predicted molar refractivity (Wildman–Crippen MR) is 134 cm³/mol. The highest BCUT2D eigenvalue weighted by Crippen LogP contribution is 2.55. The molecule has 1 aliphatic heterocycles. The number of aromatic carboxylic acids is 1. The summed E-state index contributed by atoms with van der Waals surface area (Å²) in [6, 6.07) is 16.9. The van der Waals surface area contributed by atoms with Crippen LogP contribution in [0.25, 0.3) is 16.3 Å². The second kappa shape index (κ2) is 7.94. The molecule has 2 aromatic carbocycles. The Hall–Kier alpha value is -3.73. The van der Waals surface area contributed by atoms with Crippen LogP contribution in [-0.4, -0.2) is 40.0 Å². The van der Waals surface area contributed by atoms with Gasteiger partial charge in [-0.25, -0.2) is 4.79 Å². The van der Waals surface area contributed by atoms with Crippen molar-refractivity contribution in [2.75, 3.05) is 13.1 Å². The van der Waals surface area contributed by atoms with E-state index < -0.39 is 5.97 Å². The Labute approximate surface area is 199 Å². The minimum Gasteiger partial charge on any atom is -0.478 e. The Morgan fingerprint density at radius 2 is 1.71 bits per heavy atom. The van der Waals surface area contributed by atoms with Gasteiger partial charge in [0.15, 0.2) is 0 Å². The summed E-state index contributed by atoms with van der Waals surface area (Å²) in [5.74, 6) is -0.957. The van der Waals surface area contributed by atoms with Crippen LogP contribution in [0.4, 0.5) is 0 Å². The van der Waals surface area contributed by atoms with E-state index in [0.29, 0.717) is 18.8 Å². The van der Waals surface area contributed by atoms with Crippen LogP contribution >= 0.6 is 0 Å². The number of fused-ring (bicyclic) bond motifs is 2. The van der Waals surface area contributed by atoms with E-state index in [9.17, 15) is 14.7 Å². The fourth-order valence-corrected chi connectivity index (χ4v) is 5.80. The topological polar surface area (TPSA) is 70.5 Å². The van der Waals surface area contributed by atoms with E-state index in [0.717, 1.165) is 22.8 Å². The minimum absolute atomic E-state index is 0.0369. The SMILES string of the molecule is CC1(C)C(c2ccc(C(=O)O)cc2)=CC[C@]2(C)CN(C(=O)c3nccc4ccccc34)CC=C12. The summed E-state index contributed by atoms with van der Waals surface area (Å²) in [6.45, 7) is 7.85. The Balaban J connectivity index is 1.45. The molecule has 2 aliphatic rings. The van der Waals surface area contributed by atoms with Crippen LogP contribution in [0.2, 0.25) is 0 Å². The van der Waals surface area contributed by atoms with Crippen molar-refractivity contribution in [3.8, 4) is 0 Å². The van der Waals surface area contributed by atoms with Gasteiger partial charge < -0.3 is 10.0 Å². The second-order valence-electron chi connectivity index (χ2n) is 10.1. The zero-order chi connectivity index (χ0) is 24.1. The van der Waals surface area contributed by atoms with Gasteiger partial charge in [-0.1, -0.05) is 74.9 Å². The molecular formula is C29H28N2O3. The van der Waals surface area contributed by atoms with Crippen LogP contribution in [0.3, 0.4) is 0 Å². The zero-order valence-electron chi connectivity index (χ0n) is 19.7. The number of nitrogens with zero attached hydrogens (tertiary/aromatic N) is 2. The molecule has 5 heteroatoms.